The molecule has 1 aliphatic carbocycles. The van der Waals surface area contributed by atoms with Crippen LogP contribution >= 0.6 is 34.4 Å². The van der Waals surface area contributed by atoms with Gasteiger partial charge in [0.05, 0.1) is 23.8 Å². The maximum absolute atomic E-state index is 13.0. The number of rotatable bonds is 9. The normalized spacial score (nSPS) is 13.2. The maximum Gasteiger partial charge on any atom is 0.341 e. The van der Waals surface area contributed by atoms with Crippen LogP contribution in [0.3, 0.4) is 0 Å². The van der Waals surface area contributed by atoms with Crippen molar-refractivity contribution in [1.29, 1.82) is 0 Å². The summed E-state index contributed by atoms with van der Waals surface area (Å²) in [4.78, 5) is 38.7. The van der Waals surface area contributed by atoms with Crippen molar-refractivity contribution in [2.75, 3.05) is 17.2 Å². The highest BCUT2D eigenvalue weighted by molar-refractivity contribution is 8.02. The van der Waals surface area contributed by atoms with E-state index >= 15 is 0 Å². The van der Waals surface area contributed by atoms with Crippen LogP contribution in [0.1, 0.15) is 46.6 Å². The van der Waals surface area contributed by atoms with Gasteiger partial charge in [-0.1, -0.05) is 35.2 Å². The number of esters is 1. The van der Waals surface area contributed by atoms with Crippen LogP contribution in [0.25, 0.3) is 0 Å². The zero-order valence-corrected chi connectivity index (χ0v) is 21.5. The molecule has 8 nitrogen and oxygen atoms in total. The molecule has 2 heterocycles. The molecule has 1 unspecified atom stereocenters. The van der Waals surface area contributed by atoms with Gasteiger partial charge in [-0.3, -0.25) is 9.59 Å². The molecule has 0 saturated heterocycles. The third-order valence-corrected chi connectivity index (χ3v) is 8.45. The Morgan fingerprint density at radius 2 is 1.91 bits per heavy atom. The number of aromatic nitrogens is 2. The van der Waals surface area contributed by atoms with E-state index in [1.165, 1.54) is 35.2 Å². The van der Waals surface area contributed by atoms with Gasteiger partial charge in [-0.05, 0) is 56.4 Å². The van der Waals surface area contributed by atoms with Crippen LogP contribution in [-0.4, -0.2) is 39.8 Å². The molecule has 1 aliphatic rings. The summed E-state index contributed by atoms with van der Waals surface area (Å²) in [7, 11) is 0. The lowest BCUT2D eigenvalue weighted by molar-refractivity contribution is -0.116. The van der Waals surface area contributed by atoms with Gasteiger partial charge in [-0.15, -0.1) is 21.5 Å². The van der Waals surface area contributed by atoms with Gasteiger partial charge in [0.2, 0.25) is 16.9 Å². The molecule has 0 aliphatic heterocycles. The van der Waals surface area contributed by atoms with E-state index in [4.69, 9.17) is 4.74 Å². The van der Waals surface area contributed by atoms with Gasteiger partial charge >= 0.3 is 5.97 Å². The van der Waals surface area contributed by atoms with E-state index in [-0.39, 0.29) is 30.7 Å². The number of hydrogen-bond acceptors (Lipinski definition) is 9. The summed E-state index contributed by atoms with van der Waals surface area (Å²) in [5, 5.41) is 13.9. The number of halogens is 1. The highest BCUT2D eigenvalue weighted by Crippen LogP contribution is 2.40. The van der Waals surface area contributed by atoms with Gasteiger partial charge in [0.15, 0.2) is 4.34 Å². The summed E-state index contributed by atoms with van der Waals surface area (Å²) >= 11 is 3.80. The number of carbonyl (C=O) groups is 3. The number of aryl methyl sites for hydroxylation is 1. The summed E-state index contributed by atoms with van der Waals surface area (Å²) < 4.78 is 18.7. The minimum atomic E-state index is -0.516. The molecule has 184 valence electrons. The Morgan fingerprint density at radius 1 is 1.14 bits per heavy atom. The molecular weight excluding hydrogens is 511 g/mol. The highest BCUT2D eigenvalue weighted by atomic mass is 32.2. The van der Waals surface area contributed by atoms with Crippen LogP contribution in [0.2, 0.25) is 0 Å². The number of benzene rings is 1. The van der Waals surface area contributed by atoms with Gasteiger partial charge in [0, 0.05) is 4.88 Å². The van der Waals surface area contributed by atoms with Gasteiger partial charge in [-0.2, -0.15) is 0 Å². The van der Waals surface area contributed by atoms with Crippen molar-refractivity contribution < 1.29 is 23.5 Å². The second kappa shape index (κ2) is 11.3. The van der Waals surface area contributed by atoms with Crippen LogP contribution in [0.4, 0.5) is 14.5 Å². The Morgan fingerprint density at radius 3 is 2.66 bits per heavy atom. The summed E-state index contributed by atoms with van der Waals surface area (Å²) in [6.45, 7) is 3.76. The molecule has 2 amide bonds. The number of fused-ring (bicyclic) bond motifs is 1. The molecular formula is C23H23FN4O4S3. The Hall–Kier alpha value is -2.83. The standard InChI is InChI=1S/C23H23FN4O4S3/c1-3-32-21(31)18-15-5-4-6-16(15)34-20(18)26-19(30)12(2)33-23-28-27-22(35-23)25-17(29)11-13-7-9-14(24)10-8-13/h7-10,12H,3-6,11H2,1-2H3,(H,26,30)(H,25,27,29). The third-order valence-electron chi connectivity index (χ3n) is 5.22. The number of anilines is 2. The van der Waals surface area contributed by atoms with Crippen molar-refractivity contribution in [3.63, 3.8) is 0 Å². The lowest BCUT2D eigenvalue weighted by Crippen LogP contribution is -2.23. The number of nitrogens with zero attached hydrogens (tertiary/aromatic N) is 2. The topological polar surface area (TPSA) is 110 Å². The molecule has 12 heteroatoms. The van der Waals surface area contributed by atoms with Crippen molar-refractivity contribution in [1.82, 2.24) is 10.2 Å². The number of hydrogen-bond donors (Lipinski definition) is 2. The van der Waals surface area contributed by atoms with Gasteiger partial charge in [0.1, 0.15) is 10.8 Å². The van der Waals surface area contributed by atoms with E-state index in [1.807, 2.05) is 0 Å². The van der Waals surface area contributed by atoms with E-state index in [0.29, 0.717) is 25.6 Å². The first-order valence-electron chi connectivity index (χ1n) is 11.0. The quantitative estimate of drug-likeness (QED) is 0.233. The predicted octanol–water partition coefficient (Wildman–Crippen LogP) is 4.70. The van der Waals surface area contributed by atoms with Crippen molar-refractivity contribution in [2.24, 2.45) is 0 Å². The molecule has 0 saturated carbocycles. The average molecular weight is 535 g/mol. The zero-order chi connectivity index (χ0) is 24.9. The first-order valence-corrected chi connectivity index (χ1v) is 13.5. The molecule has 2 aromatic heterocycles. The monoisotopic (exact) mass is 534 g/mol. The Kier molecular flexibility index (Phi) is 8.14. The number of carbonyl (C=O) groups excluding carboxylic acids is 3. The van der Waals surface area contributed by atoms with Crippen molar-refractivity contribution in [3.05, 3.63) is 51.7 Å². The molecule has 0 spiro atoms. The molecule has 35 heavy (non-hydrogen) atoms. The fraction of sp³-hybridized carbons (Fsp3) is 0.348. The molecule has 4 rings (SSSR count). The molecule has 0 bridgehead atoms. The number of amides is 2. The van der Waals surface area contributed by atoms with Crippen molar-refractivity contribution in [3.8, 4) is 0 Å². The number of nitrogens with one attached hydrogen (secondary N) is 2. The summed E-state index contributed by atoms with van der Waals surface area (Å²) in [6, 6.07) is 5.70. The van der Waals surface area contributed by atoms with E-state index in [2.05, 4.69) is 20.8 Å². The summed E-state index contributed by atoms with van der Waals surface area (Å²) in [6.07, 6.45) is 2.77. The first kappa shape index (κ1) is 25.3. The Bertz CT molecular complexity index is 1240. The van der Waals surface area contributed by atoms with E-state index in [9.17, 15) is 18.8 Å². The zero-order valence-electron chi connectivity index (χ0n) is 19.1. The van der Waals surface area contributed by atoms with Gasteiger partial charge in [0.25, 0.3) is 0 Å². The lowest BCUT2D eigenvalue weighted by Gasteiger charge is -2.11. The van der Waals surface area contributed by atoms with Crippen LogP contribution in [-0.2, 0) is 33.6 Å². The van der Waals surface area contributed by atoms with E-state index < -0.39 is 11.2 Å². The fourth-order valence-corrected chi connectivity index (χ4v) is 6.78. The van der Waals surface area contributed by atoms with E-state index in [1.54, 1.807) is 26.0 Å². The van der Waals surface area contributed by atoms with Gasteiger partial charge < -0.3 is 15.4 Å². The average Bonchev–Trinajstić information content (AvgIpc) is 3.52. The molecule has 1 atom stereocenters. The van der Waals surface area contributed by atoms with Crippen LogP contribution in [0, 0.1) is 5.82 Å². The Balaban J connectivity index is 1.35. The molecule has 3 aromatic rings. The fourth-order valence-electron chi connectivity index (χ4n) is 3.59. The minimum Gasteiger partial charge on any atom is -0.462 e. The summed E-state index contributed by atoms with van der Waals surface area (Å²) in [5.41, 5.74) is 2.13. The number of thioether (sulfide) groups is 1. The van der Waals surface area contributed by atoms with Crippen LogP contribution in [0.15, 0.2) is 28.6 Å². The Labute approximate surface area is 213 Å². The number of ether oxygens (including phenoxy) is 1. The van der Waals surface area contributed by atoms with E-state index in [0.717, 1.165) is 41.0 Å². The SMILES string of the molecule is CCOC(=O)c1c(NC(=O)C(C)Sc2nnc(NC(=O)Cc3ccc(F)cc3)s2)sc2c1CCC2. The molecule has 1 aromatic carbocycles. The third kappa shape index (κ3) is 6.24. The second-order valence-electron chi connectivity index (χ2n) is 7.76. The highest BCUT2D eigenvalue weighted by Gasteiger charge is 2.29. The van der Waals surface area contributed by atoms with Crippen LogP contribution in [0.5, 0.6) is 0 Å². The predicted molar refractivity (Wildman–Crippen MR) is 135 cm³/mol. The molecule has 0 radical (unpaired) electrons. The number of thiophene rings is 1. The maximum atomic E-state index is 13.0. The minimum absolute atomic E-state index is 0.0781. The van der Waals surface area contributed by atoms with Crippen molar-refractivity contribution in [2.45, 2.75) is 49.1 Å². The summed E-state index contributed by atoms with van der Waals surface area (Å²) in [5.74, 6) is -1.34. The van der Waals surface area contributed by atoms with Crippen molar-refractivity contribution >= 4 is 62.4 Å². The molecule has 0 fully saturated rings. The second-order valence-corrected chi connectivity index (χ2v) is 11.4. The first-order chi connectivity index (χ1) is 16.8. The molecule has 2 N–H and O–H groups in total. The van der Waals surface area contributed by atoms with Crippen LogP contribution < -0.4 is 10.6 Å². The smallest absolute Gasteiger partial charge is 0.341 e. The van der Waals surface area contributed by atoms with Gasteiger partial charge in [-0.25, -0.2) is 9.18 Å². The largest absolute Gasteiger partial charge is 0.462 e. The lowest BCUT2D eigenvalue weighted by atomic mass is 10.1.